The van der Waals surface area contributed by atoms with Gasteiger partial charge in [-0.15, -0.1) is 0 Å². The molecular formula is C24H24N6O2. The molecule has 3 heterocycles. The molecule has 1 aliphatic rings. The third-order valence-electron chi connectivity index (χ3n) is 5.78. The summed E-state index contributed by atoms with van der Waals surface area (Å²) in [5.74, 6) is 0. The summed E-state index contributed by atoms with van der Waals surface area (Å²) in [6, 6.07) is 15.7. The van der Waals surface area contributed by atoms with Crippen molar-refractivity contribution in [1.29, 1.82) is 0 Å². The zero-order chi connectivity index (χ0) is 21.9. The highest BCUT2D eigenvalue weighted by atomic mass is 16.3. The van der Waals surface area contributed by atoms with E-state index in [-0.39, 0.29) is 12.1 Å². The van der Waals surface area contributed by atoms with E-state index in [1.54, 1.807) is 30.6 Å². The van der Waals surface area contributed by atoms with E-state index in [1.165, 1.54) is 22.0 Å². The number of β-amino-alcohol motifs (C(OH)–C–C–N with tert-alkyl or cyclic N) is 1. The molecule has 0 aliphatic carbocycles. The average Bonchev–Trinajstić information content (AvgIpc) is 2.82. The Morgan fingerprint density at radius 3 is 2.75 bits per heavy atom. The molecule has 0 saturated carbocycles. The van der Waals surface area contributed by atoms with Gasteiger partial charge in [-0.05, 0) is 41.8 Å². The second-order valence-electron chi connectivity index (χ2n) is 8.10. The summed E-state index contributed by atoms with van der Waals surface area (Å²) < 4.78 is 1.49. The molecule has 8 heteroatoms. The first-order valence-electron chi connectivity index (χ1n) is 10.7. The van der Waals surface area contributed by atoms with Crippen molar-refractivity contribution in [3.63, 3.8) is 0 Å². The van der Waals surface area contributed by atoms with Crippen LogP contribution in [0.15, 0.2) is 72.0 Å². The number of hydrogen-bond acceptors (Lipinski definition) is 7. The van der Waals surface area contributed by atoms with E-state index in [0.717, 1.165) is 30.9 Å². The molecule has 2 N–H and O–H groups in total. The zero-order valence-corrected chi connectivity index (χ0v) is 17.6. The van der Waals surface area contributed by atoms with E-state index in [1.807, 2.05) is 12.1 Å². The lowest BCUT2D eigenvalue weighted by Crippen LogP contribution is -2.39. The Balaban J connectivity index is 1.30. The number of rotatable bonds is 6. The van der Waals surface area contributed by atoms with Crippen molar-refractivity contribution in [1.82, 2.24) is 24.6 Å². The maximum absolute atomic E-state index is 13.1. The fourth-order valence-electron chi connectivity index (χ4n) is 4.19. The van der Waals surface area contributed by atoms with Crippen LogP contribution in [0.5, 0.6) is 0 Å². The van der Waals surface area contributed by atoms with Crippen molar-refractivity contribution in [2.75, 3.05) is 18.4 Å². The number of nitrogens with one attached hydrogen (secondary N) is 1. The number of anilines is 2. The van der Waals surface area contributed by atoms with Gasteiger partial charge in [0.15, 0.2) is 0 Å². The molecule has 4 aromatic rings. The van der Waals surface area contributed by atoms with Crippen molar-refractivity contribution < 1.29 is 5.11 Å². The zero-order valence-electron chi connectivity index (χ0n) is 17.6. The van der Waals surface area contributed by atoms with Crippen LogP contribution in [0.2, 0.25) is 0 Å². The minimum Gasteiger partial charge on any atom is -0.390 e. The van der Waals surface area contributed by atoms with Gasteiger partial charge < -0.3 is 10.4 Å². The molecule has 0 spiro atoms. The quantitative estimate of drug-likeness (QED) is 0.487. The summed E-state index contributed by atoms with van der Waals surface area (Å²) in [6.45, 7) is 2.43. The van der Waals surface area contributed by atoms with E-state index in [4.69, 9.17) is 0 Å². The van der Waals surface area contributed by atoms with Crippen molar-refractivity contribution in [2.45, 2.75) is 25.6 Å². The topological polar surface area (TPSA) is 96.2 Å². The minimum atomic E-state index is -0.665. The third-order valence-corrected chi connectivity index (χ3v) is 5.78. The molecule has 2 aromatic heterocycles. The minimum absolute atomic E-state index is 0.172. The molecule has 8 nitrogen and oxygen atoms in total. The Bertz CT molecular complexity index is 1290. The Hall–Kier alpha value is -3.62. The largest absolute Gasteiger partial charge is 0.390 e. The normalized spacial score (nSPS) is 14.8. The number of aliphatic hydroxyl groups is 1. The van der Waals surface area contributed by atoms with Crippen LogP contribution in [0.3, 0.4) is 0 Å². The highest BCUT2D eigenvalue weighted by Gasteiger charge is 2.19. The molecule has 2 aromatic carbocycles. The van der Waals surface area contributed by atoms with Crippen LogP contribution in [0, 0.1) is 0 Å². The number of fused-ring (bicyclic) bond motifs is 2. The standard InChI is InChI=1S/C24H24N6O2/c31-21(14-29-10-8-17-3-1-2-4-18(17)13-29)15-30-16-25-23-6-5-19(11-22(23)24(30)32)28-20-7-9-26-27-12-20/h1-7,9,11-12,16,21,31H,8,10,13-15H2,(H,26,28). The van der Waals surface area contributed by atoms with Gasteiger partial charge in [0.25, 0.3) is 5.56 Å². The maximum Gasteiger partial charge on any atom is 0.261 e. The number of benzene rings is 2. The average molecular weight is 428 g/mol. The molecule has 0 radical (unpaired) electrons. The summed E-state index contributed by atoms with van der Waals surface area (Å²) >= 11 is 0. The smallest absolute Gasteiger partial charge is 0.261 e. The second-order valence-corrected chi connectivity index (χ2v) is 8.10. The molecule has 32 heavy (non-hydrogen) atoms. The van der Waals surface area contributed by atoms with Crippen LogP contribution in [-0.2, 0) is 19.5 Å². The second kappa shape index (κ2) is 8.86. The fraction of sp³-hybridized carbons (Fsp3) is 0.250. The van der Waals surface area contributed by atoms with Crippen molar-refractivity contribution in [3.05, 3.63) is 88.7 Å². The van der Waals surface area contributed by atoms with E-state index in [9.17, 15) is 9.90 Å². The van der Waals surface area contributed by atoms with Gasteiger partial charge in [-0.2, -0.15) is 10.2 Å². The number of aliphatic hydroxyl groups excluding tert-OH is 1. The number of aromatic nitrogens is 4. The predicted molar refractivity (Wildman–Crippen MR) is 123 cm³/mol. The Morgan fingerprint density at radius 2 is 1.91 bits per heavy atom. The molecule has 0 saturated heterocycles. The van der Waals surface area contributed by atoms with Crippen molar-refractivity contribution >= 4 is 22.3 Å². The molecule has 0 amide bonds. The van der Waals surface area contributed by atoms with E-state index in [2.05, 4.69) is 43.6 Å². The van der Waals surface area contributed by atoms with Crippen LogP contribution >= 0.6 is 0 Å². The van der Waals surface area contributed by atoms with Crippen molar-refractivity contribution in [2.24, 2.45) is 0 Å². The van der Waals surface area contributed by atoms with Crippen molar-refractivity contribution in [3.8, 4) is 0 Å². The van der Waals surface area contributed by atoms with E-state index < -0.39 is 6.10 Å². The lowest BCUT2D eigenvalue weighted by molar-refractivity contribution is 0.0908. The van der Waals surface area contributed by atoms with Gasteiger partial charge in [0.1, 0.15) is 0 Å². The Kier molecular flexibility index (Phi) is 5.62. The molecular weight excluding hydrogens is 404 g/mol. The monoisotopic (exact) mass is 428 g/mol. The molecule has 5 rings (SSSR count). The first-order valence-corrected chi connectivity index (χ1v) is 10.7. The van der Waals surface area contributed by atoms with Gasteiger partial charge in [0.05, 0.1) is 48.0 Å². The third kappa shape index (κ3) is 4.37. The molecule has 1 unspecified atom stereocenters. The van der Waals surface area contributed by atoms with Crippen LogP contribution in [0.4, 0.5) is 11.4 Å². The van der Waals surface area contributed by atoms with E-state index >= 15 is 0 Å². The van der Waals surface area contributed by atoms with Gasteiger partial charge >= 0.3 is 0 Å². The number of hydrogen-bond donors (Lipinski definition) is 2. The summed E-state index contributed by atoms with van der Waals surface area (Å²) in [5.41, 5.74) is 4.66. The first-order chi connectivity index (χ1) is 15.7. The predicted octanol–water partition coefficient (Wildman–Crippen LogP) is 2.35. The highest BCUT2D eigenvalue weighted by Crippen LogP contribution is 2.20. The molecule has 0 bridgehead atoms. The maximum atomic E-state index is 13.1. The first kappa shape index (κ1) is 20.3. The summed E-state index contributed by atoms with van der Waals surface area (Å²) in [5, 5.41) is 22.0. The van der Waals surface area contributed by atoms with Gasteiger partial charge in [0, 0.05) is 25.3 Å². The Labute approximate surface area is 185 Å². The fourth-order valence-corrected chi connectivity index (χ4v) is 4.19. The lowest BCUT2D eigenvalue weighted by atomic mass is 10.00. The van der Waals surface area contributed by atoms with Gasteiger partial charge in [0.2, 0.25) is 0 Å². The van der Waals surface area contributed by atoms with Gasteiger partial charge in [-0.1, -0.05) is 24.3 Å². The number of nitrogens with zero attached hydrogens (tertiary/aromatic N) is 5. The van der Waals surface area contributed by atoms with Crippen LogP contribution in [-0.4, -0.2) is 48.9 Å². The molecule has 1 atom stereocenters. The van der Waals surface area contributed by atoms with Gasteiger partial charge in [-0.3, -0.25) is 14.3 Å². The Morgan fingerprint density at radius 1 is 1.03 bits per heavy atom. The summed E-state index contributed by atoms with van der Waals surface area (Å²) in [6.07, 6.45) is 5.03. The summed E-state index contributed by atoms with van der Waals surface area (Å²) in [4.78, 5) is 19.7. The SMILES string of the molecule is O=c1c2cc(Nc3ccnnc3)ccc2ncn1CC(O)CN1CCc2ccccc2C1. The molecule has 1 aliphatic heterocycles. The molecule has 162 valence electrons. The van der Waals surface area contributed by atoms with Gasteiger partial charge in [-0.25, -0.2) is 4.98 Å². The molecule has 0 fully saturated rings. The van der Waals surface area contributed by atoms with Crippen LogP contribution in [0.25, 0.3) is 10.9 Å². The summed E-state index contributed by atoms with van der Waals surface area (Å²) in [7, 11) is 0. The lowest BCUT2D eigenvalue weighted by Gasteiger charge is -2.30. The highest BCUT2D eigenvalue weighted by molar-refractivity contribution is 5.82. The van der Waals surface area contributed by atoms with Crippen LogP contribution < -0.4 is 10.9 Å². The van der Waals surface area contributed by atoms with Crippen LogP contribution in [0.1, 0.15) is 11.1 Å². The van der Waals surface area contributed by atoms with E-state index in [0.29, 0.717) is 17.4 Å².